The van der Waals surface area contributed by atoms with Gasteiger partial charge in [-0.25, -0.2) is 0 Å². The Kier molecular flexibility index (Phi) is 14.5. The van der Waals surface area contributed by atoms with Crippen molar-refractivity contribution in [2.75, 3.05) is 14.1 Å². The zero-order chi connectivity index (χ0) is 13.9. The standard InChI is InChI=1S/C6H11NO.2C3H6O/c1-5(2)6(8)7(3)4;2*1-3(2)4/h1H2,2-4H3;2*1-2H3. The SMILES string of the molecule is C=C(C)C(=O)N(C)C.CC(C)=O.CC(C)=O. The lowest BCUT2D eigenvalue weighted by Gasteiger charge is -2.07. The molecule has 16 heavy (non-hydrogen) atoms. The molecule has 0 heterocycles. The van der Waals surface area contributed by atoms with E-state index >= 15 is 0 Å². The number of ketones is 2. The Bertz CT molecular complexity index is 235. The van der Waals surface area contributed by atoms with Crippen molar-refractivity contribution < 1.29 is 14.4 Å². The van der Waals surface area contributed by atoms with E-state index in [2.05, 4.69) is 6.58 Å². The lowest BCUT2D eigenvalue weighted by Crippen LogP contribution is -2.21. The number of rotatable bonds is 1. The van der Waals surface area contributed by atoms with E-state index < -0.39 is 0 Å². The van der Waals surface area contributed by atoms with Gasteiger partial charge in [-0.3, -0.25) is 4.79 Å². The summed E-state index contributed by atoms with van der Waals surface area (Å²) >= 11 is 0. The van der Waals surface area contributed by atoms with Crippen LogP contribution >= 0.6 is 0 Å². The second kappa shape index (κ2) is 11.6. The lowest BCUT2D eigenvalue weighted by atomic mass is 10.3. The zero-order valence-corrected chi connectivity index (χ0v) is 11.4. The number of likely N-dealkylation sites (N-methyl/N-ethyl adjacent to an activating group) is 1. The highest BCUT2D eigenvalue weighted by molar-refractivity contribution is 5.91. The van der Waals surface area contributed by atoms with E-state index in [1.54, 1.807) is 21.0 Å². The van der Waals surface area contributed by atoms with Crippen LogP contribution in [0, 0.1) is 0 Å². The normalized spacial score (nSPS) is 7.44. The van der Waals surface area contributed by atoms with Gasteiger partial charge in [-0.1, -0.05) is 6.58 Å². The summed E-state index contributed by atoms with van der Waals surface area (Å²) in [4.78, 5) is 31.1. The number of hydrogen-bond acceptors (Lipinski definition) is 3. The van der Waals surface area contributed by atoms with Gasteiger partial charge in [0.25, 0.3) is 0 Å². The van der Waals surface area contributed by atoms with Gasteiger partial charge in [-0.05, 0) is 34.6 Å². The molecule has 4 heteroatoms. The molecule has 0 aromatic rings. The fourth-order valence-electron chi connectivity index (χ4n) is 0.382. The molecule has 0 spiro atoms. The minimum atomic E-state index is -0.00926. The third-order valence-electron chi connectivity index (χ3n) is 0.771. The van der Waals surface area contributed by atoms with E-state index in [1.807, 2.05) is 0 Å². The largest absolute Gasteiger partial charge is 0.345 e. The van der Waals surface area contributed by atoms with Gasteiger partial charge >= 0.3 is 0 Å². The van der Waals surface area contributed by atoms with E-state index in [4.69, 9.17) is 0 Å². The molecule has 0 fully saturated rings. The van der Waals surface area contributed by atoms with Crippen molar-refractivity contribution >= 4 is 17.5 Å². The Balaban J connectivity index is -0.000000179. The number of carbonyl (C=O) groups excluding carboxylic acids is 3. The number of hydrogen-bond donors (Lipinski definition) is 0. The van der Waals surface area contributed by atoms with Gasteiger partial charge in [-0.2, -0.15) is 0 Å². The molecule has 0 unspecified atom stereocenters. The molecule has 94 valence electrons. The molecule has 0 N–H and O–H groups in total. The quantitative estimate of drug-likeness (QED) is 0.645. The monoisotopic (exact) mass is 229 g/mol. The predicted octanol–water partition coefficient (Wildman–Crippen LogP) is 1.84. The summed E-state index contributed by atoms with van der Waals surface area (Å²) in [6.07, 6.45) is 0. The summed E-state index contributed by atoms with van der Waals surface area (Å²) in [6.45, 7) is 11.3. The summed E-state index contributed by atoms with van der Waals surface area (Å²) in [5.74, 6) is 0.324. The molecule has 0 aliphatic carbocycles. The van der Waals surface area contributed by atoms with Crippen LogP contribution in [0.2, 0.25) is 0 Å². The average Bonchev–Trinajstić information content (AvgIpc) is 2.00. The first-order chi connectivity index (χ1) is 7.02. The van der Waals surface area contributed by atoms with E-state index in [9.17, 15) is 14.4 Å². The van der Waals surface area contributed by atoms with Crippen LogP contribution < -0.4 is 0 Å². The van der Waals surface area contributed by atoms with E-state index in [0.717, 1.165) is 0 Å². The maximum atomic E-state index is 10.7. The molecule has 0 atom stereocenters. The molecule has 0 aromatic heterocycles. The van der Waals surface area contributed by atoms with Crippen LogP contribution in [0.15, 0.2) is 12.2 Å². The molecule has 0 saturated heterocycles. The molecule has 0 aromatic carbocycles. The number of carbonyl (C=O) groups is 3. The Morgan fingerprint density at radius 2 is 1.00 bits per heavy atom. The molecule has 0 radical (unpaired) electrons. The van der Waals surface area contributed by atoms with Gasteiger partial charge in [0.2, 0.25) is 5.91 Å². The van der Waals surface area contributed by atoms with Gasteiger partial charge in [0.05, 0.1) is 0 Å². The fourth-order valence-corrected chi connectivity index (χ4v) is 0.382. The summed E-state index contributed by atoms with van der Waals surface area (Å²) < 4.78 is 0. The summed E-state index contributed by atoms with van der Waals surface area (Å²) in [6, 6.07) is 0. The van der Waals surface area contributed by atoms with Crippen molar-refractivity contribution in [1.29, 1.82) is 0 Å². The summed E-state index contributed by atoms with van der Waals surface area (Å²) in [5.41, 5.74) is 0.579. The minimum absolute atomic E-state index is 0.00926. The molecule has 1 amide bonds. The lowest BCUT2D eigenvalue weighted by molar-refractivity contribution is -0.124. The first-order valence-electron chi connectivity index (χ1n) is 4.83. The molecule has 0 aliphatic heterocycles. The third kappa shape index (κ3) is 39.0. The molecule has 4 nitrogen and oxygen atoms in total. The topological polar surface area (TPSA) is 54.5 Å². The molecular formula is C12H23NO3. The van der Waals surface area contributed by atoms with Crippen molar-refractivity contribution in [2.45, 2.75) is 34.6 Å². The smallest absolute Gasteiger partial charge is 0.248 e. The highest BCUT2D eigenvalue weighted by atomic mass is 16.2. The maximum absolute atomic E-state index is 10.7. The van der Waals surface area contributed by atoms with Gasteiger partial charge < -0.3 is 14.5 Å². The summed E-state index contributed by atoms with van der Waals surface area (Å²) in [7, 11) is 3.41. The second-order valence-corrected chi connectivity index (χ2v) is 3.80. The van der Waals surface area contributed by atoms with Gasteiger partial charge in [0.1, 0.15) is 11.6 Å². The third-order valence-corrected chi connectivity index (χ3v) is 0.771. The molecule has 0 saturated carbocycles. The number of amides is 1. The number of nitrogens with zero attached hydrogens (tertiary/aromatic N) is 1. The van der Waals surface area contributed by atoms with Gasteiger partial charge in [0.15, 0.2) is 0 Å². The Morgan fingerprint density at radius 3 is 1.00 bits per heavy atom. The minimum Gasteiger partial charge on any atom is -0.345 e. The van der Waals surface area contributed by atoms with Crippen LogP contribution in [0.4, 0.5) is 0 Å². The molecular weight excluding hydrogens is 206 g/mol. The highest BCUT2D eigenvalue weighted by Crippen LogP contribution is 1.90. The van der Waals surface area contributed by atoms with Crippen LogP contribution in [0.1, 0.15) is 34.6 Å². The fraction of sp³-hybridized carbons (Fsp3) is 0.583. The van der Waals surface area contributed by atoms with Crippen molar-refractivity contribution in [1.82, 2.24) is 4.90 Å². The molecule has 0 rings (SSSR count). The van der Waals surface area contributed by atoms with Gasteiger partial charge in [-0.15, -0.1) is 0 Å². The number of Topliss-reactive ketones (excluding diaryl/α,β-unsaturated/α-hetero) is 2. The van der Waals surface area contributed by atoms with Crippen LogP contribution in [0.25, 0.3) is 0 Å². The van der Waals surface area contributed by atoms with E-state index in [0.29, 0.717) is 5.57 Å². The van der Waals surface area contributed by atoms with Gasteiger partial charge in [0, 0.05) is 19.7 Å². The Hall–Kier alpha value is -1.45. The van der Waals surface area contributed by atoms with E-state index in [-0.39, 0.29) is 17.5 Å². The first kappa shape index (κ1) is 20.0. The molecule has 0 bridgehead atoms. The highest BCUT2D eigenvalue weighted by Gasteiger charge is 2.01. The van der Waals surface area contributed by atoms with Crippen molar-refractivity contribution in [3.8, 4) is 0 Å². The van der Waals surface area contributed by atoms with E-state index in [1.165, 1.54) is 32.6 Å². The van der Waals surface area contributed by atoms with Crippen LogP contribution in [-0.2, 0) is 14.4 Å². The Labute approximate surface area is 98.3 Å². The maximum Gasteiger partial charge on any atom is 0.248 e. The average molecular weight is 229 g/mol. The van der Waals surface area contributed by atoms with Crippen LogP contribution in [0.5, 0.6) is 0 Å². The molecule has 0 aliphatic rings. The van der Waals surface area contributed by atoms with Crippen LogP contribution in [-0.4, -0.2) is 36.5 Å². The van der Waals surface area contributed by atoms with Crippen molar-refractivity contribution in [3.63, 3.8) is 0 Å². The first-order valence-corrected chi connectivity index (χ1v) is 4.83. The zero-order valence-electron chi connectivity index (χ0n) is 11.4. The van der Waals surface area contributed by atoms with Crippen LogP contribution in [0.3, 0.4) is 0 Å². The second-order valence-electron chi connectivity index (χ2n) is 3.80. The van der Waals surface area contributed by atoms with Crippen molar-refractivity contribution in [3.05, 3.63) is 12.2 Å². The predicted molar refractivity (Wildman–Crippen MR) is 66.2 cm³/mol. The Morgan fingerprint density at radius 1 is 0.812 bits per heavy atom. The van der Waals surface area contributed by atoms with Crippen molar-refractivity contribution in [2.24, 2.45) is 0 Å². The summed E-state index contributed by atoms with van der Waals surface area (Å²) in [5, 5.41) is 0.